The Morgan fingerprint density at radius 2 is 2.25 bits per heavy atom. The molecule has 0 amide bonds. The fourth-order valence-corrected chi connectivity index (χ4v) is 2.88. The lowest BCUT2D eigenvalue weighted by molar-refractivity contribution is 0.0970. The Morgan fingerprint density at radius 1 is 1.44 bits per heavy atom. The molecule has 1 aliphatic carbocycles. The van der Waals surface area contributed by atoms with Crippen molar-refractivity contribution in [1.82, 2.24) is 4.90 Å². The maximum atomic E-state index is 8.64. The third-order valence-electron chi connectivity index (χ3n) is 3.69. The molecule has 1 saturated heterocycles. The first-order valence-electron chi connectivity index (χ1n) is 6.09. The Kier molecular flexibility index (Phi) is 4.01. The van der Waals surface area contributed by atoms with Gasteiger partial charge in [0.05, 0.1) is 19.8 Å². The minimum absolute atomic E-state index is 0.297. The molecular weight excluding hydrogens is 206 g/mol. The molecule has 0 aromatic carbocycles. The van der Waals surface area contributed by atoms with Gasteiger partial charge in [0, 0.05) is 12.6 Å². The van der Waals surface area contributed by atoms with Crippen LogP contribution < -0.4 is 5.73 Å². The zero-order chi connectivity index (χ0) is 11.4. The fourth-order valence-electron chi connectivity index (χ4n) is 2.88. The molecule has 92 valence electrons. The first-order chi connectivity index (χ1) is 7.81. The van der Waals surface area contributed by atoms with E-state index in [2.05, 4.69) is 10.1 Å². The normalized spacial score (nSPS) is 33.1. The van der Waals surface area contributed by atoms with Gasteiger partial charge >= 0.3 is 0 Å². The van der Waals surface area contributed by atoms with E-state index in [0.29, 0.717) is 24.3 Å². The molecule has 5 nitrogen and oxygen atoms in total. The molecule has 3 N–H and O–H groups in total. The lowest BCUT2D eigenvalue weighted by atomic mass is 9.84. The summed E-state index contributed by atoms with van der Waals surface area (Å²) in [6.45, 7) is 3.07. The van der Waals surface area contributed by atoms with E-state index in [1.807, 2.05) is 0 Å². The second-order valence-corrected chi connectivity index (χ2v) is 4.75. The molecular formula is C11H21N3O2. The Morgan fingerprint density at radius 3 is 3.06 bits per heavy atom. The van der Waals surface area contributed by atoms with E-state index in [9.17, 15) is 0 Å². The van der Waals surface area contributed by atoms with Crippen molar-refractivity contribution < 1.29 is 9.94 Å². The number of nitrogens with two attached hydrogens (primary N) is 1. The van der Waals surface area contributed by atoms with Crippen molar-refractivity contribution in [1.29, 1.82) is 0 Å². The van der Waals surface area contributed by atoms with Crippen molar-refractivity contribution in [3.8, 4) is 0 Å². The Labute approximate surface area is 96.2 Å². The summed E-state index contributed by atoms with van der Waals surface area (Å²) in [5, 5.41) is 11.7. The van der Waals surface area contributed by atoms with Crippen molar-refractivity contribution in [2.24, 2.45) is 16.8 Å². The SMILES string of the molecule is NC(CN1CCOC[C@@H]2CCCC[C@@H]21)=NO. The summed E-state index contributed by atoms with van der Waals surface area (Å²) < 4.78 is 5.62. The molecule has 5 heteroatoms. The highest BCUT2D eigenvalue weighted by Crippen LogP contribution is 2.30. The Bertz CT molecular complexity index is 258. The summed E-state index contributed by atoms with van der Waals surface area (Å²) >= 11 is 0. The third kappa shape index (κ3) is 2.65. The topological polar surface area (TPSA) is 71.1 Å². The van der Waals surface area contributed by atoms with Crippen LogP contribution in [0.2, 0.25) is 0 Å². The van der Waals surface area contributed by atoms with Crippen LogP contribution in [0.1, 0.15) is 25.7 Å². The van der Waals surface area contributed by atoms with Crippen LogP contribution in [0.15, 0.2) is 5.16 Å². The molecule has 1 saturated carbocycles. The molecule has 0 aromatic rings. The number of nitrogens with zero attached hydrogens (tertiary/aromatic N) is 2. The van der Waals surface area contributed by atoms with E-state index in [1.54, 1.807) is 0 Å². The lowest BCUT2D eigenvalue weighted by Crippen LogP contribution is -2.46. The zero-order valence-corrected chi connectivity index (χ0v) is 9.64. The van der Waals surface area contributed by atoms with Crippen LogP contribution >= 0.6 is 0 Å². The van der Waals surface area contributed by atoms with Gasteiger partial charge in [-0.25, -0.2) is 0 Å². The second-order valence-electron chi connectivity index (χ2n) is 4.75. The van der Waals surface area contributed by atoms with E-state index < -0.39 is 0 Å². The lowest BCUT2D eigenvalue weighted by Gasteiger charge is -2.37. The zero-order valence-electron chi connectivity index (χ0n) is 9.64. The number of rotatable bonds is 2. The van der Waals surface area contributed by atoms with E-state index in [-0.39, 0.29) is 0 Å². The van der Waals surface area contributed by atoms with Gasteiger partial charge in [0.15, 0.2) is 5.84 Å². The van der Waals surface area contributed by atoms with Gasteiger partial charge in [-0.3, -0.25) is 4.90 Å². The van der Waals surface area contributed by atoms with Crippen molar-refractivity contribution >= 4 is 5.84 Å². The summed E-state index contributed by atoms with van der Waals surface area (Å²) in [4.78, 5) is 2.31. The van der Waals surface area contributed by atoms with Gasteiger partial charge < -0.3 is 15.7 Å². The maximum absolute atomic E-state index is 8.64. The highest BCUT2D eigenvalue weighted by atomic mass is 16.5. The number of hydrogen-bond donors (Lipinski definition) is 2. The number of fused-ring (bicyclic) bond motifs is 1. The minimum Gasteiger partial charge on any atom is -0.409 e. The molecule has 16 heavy (non-hydrogen) atoms. The van der Waals surface area contributed by atoms with Crippen LogP contribution in [-0.4, -0.2) is 48.3 Å². The van der Waals surface area contributed by atoms with Crippen molar-refractivity contribution in [2.45, 2.75) is 31.7 Å². The maximum Gasteiger partial charge on any atom is 0.153 e. The molecule has 2 atom stereocenters. The number of amidine groups is 1. The summed E-state index contributed by atoms with van der Waals surface area (Å²) in [5.41, 5.74) is 5.59. The molecule has 0 unspecified atom stereocenters. The molecule has 1 aliphatic heterocycles. The van der Waals surface area contributed by atoms with E-state index in [1.165, 1.54) is 25.7 Å². The Balaban J connectivity index is 2.02. The number of ether oxygens (including phenoxy) is 1. The molecule has 2 aliphatic rings. The predicted molar refractivity (Wildman–Crippen MR) is 61.5 cm³/mol. The Hall–Kier alpha value is -0.810. The van der Waals surface area contributed by atoms with Gasteiger partial charge in [0.1, 0.15) is 0 Å². The summed E-state index contributed by atoms with van der Waals surface area (Å²) in [6.07, 6.45) is 5.06. The molecule has 2 fully saturated rings. The van der Waals surface area contributed by atoms with Crippen molar-refractivity contribution in [2.75, 3.05) is 26.3 Å². The second kappa shape index (κ2) is 5.50. The van der Waals surface area contributed by atoms with Crippen LogP contribution in [0.3, 0.4) is 0 Å². The van der Waals surface area contributed by atoms with Gasteiger partial charge in [-0.1, -0.05) is 18.0 Å². The van der Waals surface area contributed by atoms with Gasteiger partial charge in [0.25, 0.3) is 0 Å². The van der Waals surface area contributed by atoms with Crippen LogP contribution in [-0.2, 0) is 4.74 Å². The van der Waals surface area contributed by atoms with Crippen LogP contribution in [0.5, 0.6) is 0 Å². The van der Waals surface area contributed by atoms with E-state index >= 15 is 0 Å². The van der Waals surface area contributed by atoms with Gasteiger partial charge in [0.2, 0.25) is 0 Å². The molecule has 0 spiro atoms. The van der Waals surface area contributed by atoms with Crippen LogP contribution in [0, 0.1) is 5.92 Å². The van der Waals surface area contributed by atoms with Crippen molar-refractivity contribution in [3.63, 3.8) is 0 Å². The van der Waals surface area contributed by atoms with E-state index in [0.717, 1.165) is 19.8 Å². The van der Waals surface area contributed by atoms with Gasteiger partial charge in [-0.2, -0.15) is 0 Å². The molecule has 0 bridgehead atoms. The summed E-state index contributed by atoms with van der Waals surface area (Å²) in [5.74, 6) is 0.925. The standard InChI is InChI=1S/C11H21N3O2/c12-11(13-15)7-14-5-6-16-8-9-3-1-2-4-10(9)14/h9-10,15H,1-8H2,(H2,12,13)/t9-,10-/m0/s1. The first kappa shape index (κ1) is 11.7. The molecule has 1 heterocycles. The minimum atomic E-state index is 0.297. The third-order valence-corrected chi connectivity index (χ3v) is 3.69. The van der Waals surface area contributed by atoms with Gasteiger partial charge in [-0.05, 0) is 18.8 Å². The largest absolute Gasteiger partial charge is 0.409 e. The number of hydrogen-bond acceptors (Lipinski definition) is 4. The predicted octanol–water partition coefficient (Wildman–Crippen LogP) is 0.624. The van der Waals surface area contributed by atoms with Crippen molar-refractivity contribution in [3.05, 3.63) is 0 Å². The summed E-state index contributed by atoms with van der Waals surface area (Å²) in [7, 11) is 0. The smallest absolute Gasteiger partial charge is 0.153 e. The molecule has 0 radical (unpaired) electrons. The van der Waals surface area contributed by atoms with Crippen LogP contribution in [0.25, 0.3) is 0 Å². The molecule has 2 rings (SSSR count). The molecule has 0 aromatic heterocycles. The quantitative estimate of drug-likeness (QED) is 0.314. The summed E-state index contributed by atoms with van der Waals surface area (Å²) in [6, 6.07) is 0.552. The average Bonchev–Trinajstić information content (AvgIpc) is 2.52. The van der Waals surface area contributed by atoms with Crippen LogP contribution in [0.4, 0.5) is 0 Å². The van der Waals surface area contributed by atoms with Gasteiger partial charge in [-0.15, -0.1) is 0 Å². The number of oxime groups is 1. The monoisotopic (exact) mass is 227 g/mol. The highest BCUT2D eigenvalue weighted by Gasteiger charge is 2.32. The van der Waals surface area contributed by atoms with E-state index in [4.69, 9.17) is 15.7 Å². The fraction of sp³-hybridized carbons (Fsp3) is 0.909. The average molecular weight is 227 g/mol. The first-order valence-corrected chi connectivity index (χ1v) is 6.09. The highest BCUT2D eigenvalue weighted by molar-refractivity contribution is 5.81.